The van der Waals surface area contributed by atoms with E-state index in [1.807, 2.05) is 11.8 Å². The normalized spacial score (nSPS) is 18.6. The van der Waals surface area contributed by atoms with Crippen LogP contribution in [-0.4, -0.2) is 27.5 Å². The molecule has 88 valence electrons. The van der Waals surface area contributed by atoms with Crippen molar-refractivity contribution in [2.45, 2.75) is 30.4 Å². The predicted octanol–water partition coefficient (Wildman–Crippen LogP) is 1.86. The van der Waals surface area contributed by atoms with Gasteiger partial charge in [-0.25, -0.2) is 4.98 Å². The molecule has 16 heavy (non-hydrogen) atoms. The van der Waals surface area contributed by atoms with Gasteiger partial charge in [0.05, 0.1) is 6.33 Å². The van der Waals surface area contributed by atoms with E-state index >= 15 is 0 Å². The molecule has 0 atom stereocenters. The highest BCUT2D eigenvalue weighted by molar-refractivity contribution is 8.00. The molecule has 1 aromatic heterocycles. The molecule has 0 radical (unpaired) electrons. The maximum Gasteiger partial charge on any atom is 0.252 e. The third-order valence-electron chi connectivity index (χ3n) is 3.22. The summed E-state index contributed by atoms with van der Waals surface area (Å²) in [6.45, 7) is 0.893. The fourth-order valence-corrected chi connectivity index (χ4v) is 3.10. The largest absolute Gasteiger partial charge is 0.368 e. The first kappa shape index (κ1) is 11.5. The molecule has 1 saturated carbocycles. The smallest absolute Gasteiger partial charge is 0.252 e. The number of H-pyrrole nitrogens is 1. The molecule has 5 heteroatoms. The van der Waals surface area contributed by atoms with Crippen LogP contribution in [0.1, 0.15) is 25.7 Å². The summed E-state index contributed by atoms with van der Waals surface area (Å²) in [6, 6.07) is 1.50. The van der Waals surface area contributed by atoms with Crippen molar-refractivity contribution in [3.63, 3.8) is 0 Å². The lowest BCUT2D eigenvalue weighted by Crippen LogP contribution is -2.30. The first-order chi connectivity index (χ1) is 7.74. The number of hydrogen-bond acceptors (Lipinski definition) is 4. The van der Waals surface area contributed by atoms with E-state index in [1.165, 1.54) is 38.1 Å². The minimum absolute atomic E-state index is 0.109. The molecular weight excluding hydrogens is 222 g/mol. The van der Waals surface area contributed by atoms with Crippen LogP contribution in [0.5, 0.6) is 0 Å². The second kappa shape index (κ2) is 4.91. The summed E-state index contributed by atoms with van der Waals surface area (Å²) in [5.41, 5.74) is -0.109. The first-order valence-corrected chi connectivity index (χ1v) is 6.80. The second-order valence-electron chi connectivity index (χ2n) is 4.24. The number of aromatic amines is 1. The molecule has 2 rings (SSSR count). The van der Waals surface area contributed by atoms with Crippen molar-refractivity contribution in [1.29, 1.82) is 0 Å². The van der Waals surface area contributed by atoms with Crippen molar-refractivity contribution in [2.75, 3.05) is 18.1 Å². The van der Waals surface area contributed by atoms with Gasteiger partial charge in [-0.3, -0.25) is 4.79 Å². The summed E-state index contributed by atoms with van der Waals surface area (Å²) < 4.78 is 0.338. The quantitative estimate of drug-likeness (QED) is 0.842. The standard InChI is InChI=1S/C11H17N3OS/c1-16-11(4-2-3-5-11)7-12-9-6-10(15)14-8-13-9/h6,8H,2-5,7H2,1H3,(H2,12,13,14,15). The van der Waals surface area contributed by atoms with Crippen LogP contribution in [0.3, 0.4) is 0 Å². The Morgan fingerprint density at radius 3 is 2.94 bits per heavy atom. The van der Waals surface area contributed by atoms with Crippen LogP contribution in [0.25, 0.3) is 0 Å². The molecular formula is C11H17N3OS. The molecule has 0 saturated heterocycles. The second-order valence-corrected chi connectivity index (χ2v) is 5.52. The van der Waals surface area contributed by atoms with Gasteiger partial charge in [-0.15, -0.1) is 0 Å². The molecule has 0 bridgehead atoms. The summed E-state index contributed by atoms with van der Waals surface area (Å²) in [4.78, 5) is 17.7. The van der Waals surface area contributed by atoms with Crippen LogP contribution in [-0.2, 0) is 0 Å². The molecule has 1 aliphatic carbocycles. The highest BCUT2D eigenvalue weighted by atomic mass is 32.2. The van der Waals surface area contributed by atoms with Gasteiger partial charge in [-0.1, -0.05) is 12.8 Å². The summed E-state index contributed by atoms with van der Waals surface area (Å²) in [5.74, 6) is 0.670. The Kier molecular flexibility index (Phi) is 3.53. The molecule has 4 nitrogen and oxygen atoms in total. The molecule has 2 N–H and O–H groups in total. The highest BCUT2D eigenvalue weighted by Crippen LogP contribution is 2.40. The molecule has 0 unspecified atom stereocenters. The Labute approximate surface area is 99.3 Å². The van der Waals surface area contributed by atoms with E-state index in [1.54, 1.807) is 0 Å². The summed E-state index contributed by atoms with van der Waals surface area (Å²) in [5, 5.41) is 3.27. The zero-order valence-electron chi connectivity index (χ0n) is 9.45. The van der Waals surface area contributed by atoms with Gasteiger partial charge in [-0.2, -0.15) is 11.8 Å². The van der Waals surface area contributed by atoms with E-state index in [0.29, 0.717) is 10.6 Å². The van der Waals surface area contributed by atoms with E-state index in [4.69, 9.17) is 0 Å². The van der Waals surface area contributed by atoms with Crippen molar-refractivity contribution >= 4 is 17.6 Å². The lowest BCUT2D eigenvalue weighted by Gasteiger charge is -2.27. The third kappa shape index (κ3) is 2.58. The molecule has 0 amide bonds. The van der Waals surface area contributed by atoms with Gasteiger partial charge in [0.1, 0.15) is 5.82 Å². The average Bonchev–Trinajstić information content (AvgIpc) is 2.76. The van der Waals surface area contributed by atoms with Gasteiger partial charge in [0, 0.05) is 17.4 Å². The lowest BCUT2D eigenvalue weighted by atomic mass is 10.1. The fraction of sp³-hybridized carbons (Fsp3) is 0.636. The average molecular weight is 239 g/mol. The lowest BCUT2D eigenvalue weighted by molar-refractivity contribution is 0.638. The van der Waals surface area contributed by atoms with Gasteiger partial charge in [0.2, 0.25) is 0 Å². The maximum absolute atomic E-state index is 11.1. The number of anilines is 1. The van der Waals surface area contributed by atoms with Crippen LogP contribution in [0.2, 0.25) is 0 Å². The molecule has 1 aromatic rings. The Morgan fingerprint density at radius 1 is 1.56 bits per heavy atom. The van der Waals surface area contributed by atoms with Crippen molar-refractivity contribution in [3.8, 4) is 0 Å². The summed E-state index contributed by atoms with van der Waals surface area (Å²) in [7, 11) is 0. The van der Waals surface area contributed by atoms with Gasteiger partial charge >= 0.3 is 0 Å². The van der Waals surface area contributed by atoms with Crippen LogP contribution >= 0.6 is 11.8 Å². The van der Waals surface area contributed by atoms with E-state index in [2.05, 4.69) is 21.5 Å². The zero-order valence-corrected chi connectivity index (χ0v) is 10.3. The molecule has 0 spiro atoms. The number of nitrogens with zero attached hydrogens (tertiary/aromatic N) is 1. The third-order valence-corrected chi connectivity index (χ3v) is 4.64. The van der Waals surface area contributed by atoms with Crippen molar-refractivity contribution in [3.05, 3.63) is 22.7 Å². The van der Waals surface area contributed by atoms with Crippen LogP contribution in [0.4, 0.5) is 5.82 Å². The fourth-order valence-electron chi connectivity index (χ4n) is 2.19. The Hall–Kier alpha value is -0.970. The summed E-state index contributed by atoms with van der Waals surface area (Å²) >= 11 is 1.93. The zero-order chi connectivity index (χ0) is 11.4. The SMILES string of the molecule is CSC1(CNc2cc(=O)[nH]cn2)CCCC1. The van der Waals surface area contributed by atoms with Crippen molar-refractivity contribution < 1.29 is 0 Å². The summed E-state index contributed by atoms with van der Waals surface area (Å²) in [6.07, 6.45) is 8.73. The number of thioether (sulfide) groups is 1. The monoisotopic (exact) mass is 239 g/mol. The van der Waals surface area contributed by atoms with Gasteiger partial charge in [-0.05, 0) is 19.1 Å². The van der Waals surface area contributed by atoms with E-state index in [0.717, 1.165) is 6.54 Å². The maximum atomic E-state index is 11.1. The molecule has 1 aliphatic rings. The topological polar surface area (TPSA) is 57.8 Å². The van der Waals surface area contributed by atoms with Gasteiger partial charge in [0.25, 0.3) is 5.56 Å². The van der Waals surface area contributed by atoms with Crippen LogP contribution in [0, 0.1) is 0 Å². The molecule has 0 aliphatic heterocycles. The number of aromatic nitrogens is 2. The number of hydrogen-bond donors (Lipinski definition) is 2. The highest BCUT2D eigenvalue weighted by Gasteiger charge is 2.32. The predicted molar refractivity (Wildman–Crippen MR) is 68.1 cm³/mol. The van der Waals surface area contributed by atoms with Crippen LogP contribution < -0.4 is 10.9 Å². The Bertz CT molecular complexity index is 398. The first-order valence-electron chi connectivity index (χ1n) is 5.58. The molecule has 0 aromatic carbocycles. The minimum Gasteiger partial charge on any atom is -0.368 e. The Balaban J connectivity index is 1.98. The molecule has 1 heterocycles. The number of nitrogens with one attached hydrogen (secondary N) is 2. The Morgan fingerprint density at radius 2 is 2.31 bits per heavy atom. The van der Waals surface area contributed by atoms with E-state index < -0.39 is 0 Å². The van der Waals surface area contributed by atoms with Gasteiger partial charge in [0.15, 0.2) is 0 Å². The van der Waals surface area contributed by atoms with E-state index in [9.17, 15) is 4.79 Å². The van der Waals surface area contributed by atoms with Gasteiger partial charge < -0.3 is 10.3 Å². The minimum atomic E-state index is -0.109. The van der Waals surface area contributed by atoms with E-state index in [-0.39, 0.29) is 5.56 Å². The van der Waals surface area contributed by atoms with Crippen LogP contribution in [0.15, 0.2) is 17.2 Å². The van der Waals surface area contributed by atoms with Crippen molar-refractivity contribution in [2.24, 2.45) is 0 Å². The van der Waals surface area contributed by atoms with Crippen molar-refractivity contribution in [1.82, 2.24) is 9.97 Å². The number of rotatable bonds is 4. The molecule has 1 fully saturated rings.